The third-order valence-electron chi connectivity index (χ3n) is 3.06. The minimum absolute atomic E-state index is 0.0631. The van der Waals surface area contributed by atoms with Gasteiger partial charge in [0.25, 0.3) is 0 Å². The van der Waals surface area contributed by atoms with Crippen LogP contribution >= 0.6 is 0 Å². The minimum atomic E-state index is -4.48. The van der Waals surface area contributed by atoms with Crippen molar-refractivity contribution in [2.45, 2.75) is 19.1 Å². The standard InChI is InChI=1S/C13H12F3NO3/c1-7-10(12(18)19)11(17(2)20-7)8-4-3-5-9(6-8)13(14,15)16/h3-6,11H,1-2H3,(H,18,19). The van der Waals surface area contributed by atoms with E-state index in [1.165, 1.54) is 31.2 Å². The number of rotatable bonds is 2. The van der Waals surface area contributed by atoms with Gasteiger partial charge in [0.2, 0.25) is 0 Å². The van der Waals surface area contributed by atoms with Crippen LogP contribution in [0.15, 0.2) is 35.6 Å². The highest BCUT2D eigenvalue weighted by Gasteiger charge is 2.38. The Morgan fingerprint density at radius 3 is 2.60 bits per heavy atom. The Morgan fingerprint density at radius 1 is 1.40 bits per heavy atom. The van der Waals surface area contributed by atoms with Crippen LogP contribution in [0.4, 0.5) is 13.2 Å². The highest BCUT2D eigenvalue weighted by atomic mass is 19.4. The monoisotopic (exact) mass is 287 g/mol. The second kappa shape index (κ2) is 4.82. The van der Waals surface area contributed by atoms with E-state index >= 15 is 0 Å². The molecule has 20 heavy (non-hydrogen) atoms. The van der Waals surface area contributed by atoms with Crippen molar-refractivity contribution in [1.82, 2.24) is 5.06 Å². The van der Waals surface area contributed by atoms with E-state index < -0.39 is 23.8 Å². The first-order chi connectivity index (χ1) is 9.21. The smallest absolute Gasteiger partial charge is 0.416 e. The molecule has 1 aromatic carbocycles. The van der Waals surface area contributed by atoms with Crippen LogP contribution in [0.1, 0.15) is 24.1 Å². The molecule has 1 aromatic rings. The highest BCUT2D eigenvalue weighted by Crippen LogP contribution is 2.39. The lowest BCUT2D eigenvalue weighted by atomic mass is 9.97. The number of alkyl halides is 3. The molecule has 0 saturated heterocycles. The van der Waals surface area contributed by atoms with Gasteiger partial charge in [0.1, 0.15) is 17.4 Å². The predicted octanol–water partition coefficient (Wildman–Crippen LogP) is 2.98. The number of aliphatic carboxylic acids is 1. The van der Waals surface area contributed by atoms with Crippen molar-refractivity contribution in [2.75, 3.05) is 7.05 Å². The number of likely N-dealkylation sites (N-methyl/N-ethyl adjacent to an activating group) is 1. The summed E-state index contributed by atoms with van der Waals surface area (Å²) in [6.07, 6.45) is -4.48. The average Bonchev–Trinajstić information content (AvgIpc) is 2.63. The average molecular weight is 287 g/mol. The van der Waals surface area contributed by atoms with Crippen molar-refractivity contribution < 1.29 is 27.9 Å². The first-order valence-electron chi connectivity index (χ1n) is 5.74. The van der Waals surface area contributed by atoms with Crippen molar-refractivity contribution in [2.24, 2.45) is 0 Å². The summed E-state index contributed by atoms with van der Waals surface area (Å²) in [6, 6.07) is 3.71. The fourth-order valence-corrected chi connectivity index (χ4v) is 2.22. The Bertz CT molecular complexity index is 580. The van der Waals surface area contributed by atoms with Gasteiger partial charge in [0.15, 0.2) is 0 Å². The number of carbonyl (C=O) groups is 1. The predicted molar refractivity (Wildman–Crippen MR) is 63.4 cm³/mol. The maximum Gasteiger partial charge on any atom is 0.416 e. The number of hydrogen-bond donors (Lipinski definition) is 1. The first-order valence-corrected chi connectivity index (χ1v) is 5.74. The molecule has 4 nitrogen and oxygen atoms in total. The van der Waals surface area contributed by atoms with Crippen molar-refractivity contribution in [3.63, 3.8) is 0 Å². The van der Waals surface area contributed by atoms with Gasteiger partial charge in [-0.3, -0.25) is 0 Å². The van der Waals surface area contributed by atoms with E-state index in [1.54, 1.807) is 0 Å². The van der Waals surface area contributed by atoms with Crippen molar-refractivity contribution in [3.8, 4) is 0 Å². The normalized spacial score (nSPS) is 20.1. The maximum absolute atomic E-state index is 12.7. The van der Waals surface area contributed by atoms with Crippen LogP contribution in [0, 0.1) is 0 Å². The Hall–Kier alpha value is -2.02. The fourth-order valence-electron chi connectivity index (χ4n) is 2.22. The number of halogens is 3. The van der Waals surface area contributed by atoms with Crippen molar-refractivity contribution >= 4 is 5.97 Å². The Morgan fingerprint density at radius 2 is 2.05 bits per heavy atom. The molecule has 7 heteroatoms. The molecule has 1 atom stereocenters. The van der Waals surface area contributed by atoms with Crippen LogP contribution in [0.5, 0.6) is 0 Å². The van der Waals surface area contributed by atoms with Gasteiger partial charge in [-0.2, -0.15) is 13.2 Å². The fraction of sp³-hybridized carbons (Fsp3) is 0.308. The van der Waals surface area contributed by atoms with E-state index in [0.717, 1.165) is 12.1 Å². The number of carboxylic acid groups (broad SMARTS) is 1. The molecule has 1 aliphatic heterocycles. The third kappa shape index (κ3) is 2.49. The van der Waals surface area contributed by atoms with Crippen LogP contribution in [-0.4, -0.2) is 23.2 Å². The molecule has 0 fully saturated rings. The van der Waals surface area contributed by atoms with Gasteiger partial charge in [0, 0.05) is 7.05 Å². The molecule has 1 unspecified atom stereocenters. The summed E-state index contributed by atoms with van der Waals surface area (Å²) in [5.41, 5.74) is -0.666. The number of benzene rings is 1. The van der Waals surface area contributed by atoms with Crippen LogP contribution in [0.25, 0.3) is 0 Å². The van der Waals surface area contributed by atoms with E-state index in [-0.39, 0.29) is 16.9 Å². The Balaban J connectivity index is 2.48. The molecular formula is C13H12F3NO3. The quantitative estimate of drug-likeness (QED) is 0.908. The molecule has 0 bridgehead atoms. The van der Waals surface area contributed by atoms with E-state index in [2.05, 4.69) is 0 Å². The van der Waals surface area contributed by atoms with E-state index in [4.69, 9.17) is 4.84 Å². The molecule has 0 aromatic heterocycles. The maximum atomic E-state index is 12.7. The number of nitrogens with zero attached hydrogens (tertiary/aromatic N) is 1. The molecule has 1 N–H and O–H groups in total. The zero-order valence-corrected chi connectivity index (χ0v) is 10.7. The van der Waals surface area contributed by atoms with Crippen LogP contribution in [0.3, 0.4) is 0 Å². The molecule has 0 saturated carbocycles. The van der Waals surface area contributed by atoms with Gasteiger partial charge in [-0.15, -0.1) is 5.06 Å². The Labute approximate surface area is 113 Å². The van der Waals surface area contributed by atoms with Crippen LogP contribution < -0.4 is 0 Å². The minimum Gasteiger partial charge on any atom is -0.478 e. The van der Waals surface area contributed by atoms with Gasteiger partial charge in [-0.05, 0) is 24.6 Å². The molecule has 1 heterocycles. The molecule has 1 aliphatic rings. The van der Waals surface area contributed by atoms with E-state index in [9.17, 15) is 23.1 Å². The van der Waals surface area contributed by atoms with Gasteiger partial charge in [-0.1, -0.05) is 12.1 Å². The molecule has 0 aliphatic carbocycles. The topological polar surface area (TPSA) is 49.8 Å². The van der Waals surface area contributed by atoms with E-state index in [1.807, 2.05) is 0 Å². The molecule has 2 rings (SSSR count). The summed E-state index contributed by atoms with van der Waals surface area (Å²) in [4.78, 5) is 16.4. The lowest BCUT2D eigenvalue weighted by molar-refractivity contribution is -0.137. The zero-order valence-electron chi connectivity index (χ0n) is 10.7. The molecule has 0 amide bonds. The number of hydroxylamine groups is 2. The molecule has 0 spiro atoms. The number of allylic oxidation sites excluding steroid dienone is 1. The summed E-state index contributed by atoms with van der Waals surface area (Å²) >= 11 is 0. The van der Waals surface area contributed by atoms with Crippen LogP contribution in [0.2, 0.25) is 0 Å². The van der Waals surface area contributed by atoms with Gasteiger partial charge >= 0.3 is 12.1 Å². The lowest BCUT2D eigenvalue weighted by Gasteiger charge is -2.20. The zero-order chi connectivity index (χ0) is 15.1. The van der Waals surface area contributed by atoms with Gasteiger partial charge in [-0.25, -0.2) is 4.79 Å². The second-order valence-electron chi connectivity index (χ2n) is 4.44. The molecular weight excluding hydrogens is 275 g/mol. The Kier molecular flexibility index (Phi) is 3.47. The van der Waals surface area contributed by atoms with Gasteiger partial charge in [0.05, 0.1) is 5.56 Å². The number of hydrogen-bond acceptors (Lipinski definition) is 3. The van der Waals surface area contributed by atoms with Crippen molar-refractivity contribution in [1.29, 1.82) is 0 Å². The summed E-state index contributed by atoms with van der Waals surface area (Å²) < 4.78 is 38.1. The summed E-state index contributed by atoms with van der Waals surface area (Å²) in [5.74, 6) is -1.04. The first kappa shape index (κ1) is 14.4. The van der Waals surface area contributed by atoms with Crippen molar-refractivity contribution in [3.05, 3.63) is 46.7 Å². The van der Waals surface area contributed by atoms with E-state index in [0.29, 0.717) is 0 Å². The van der Waals surface area contributed by atoms with Gasteiger partial charge < -0.3 is 9.94 Å². The van der Waals surface area contributed by atoms with Crippen LogP contribution in [-0.2, 0) is 15.8 Å². The highest BCUT2D eigenvalue weighted by molar-refractivity contribution is 5.89. The number of carboxylic acids is 1. The SMILES string of the molecule is CC1=C(C(=O)O)C(c2cccc(C(F)(F)F)c2)N(C)O1. The summed E-state index contributed by atoms with van der Waals surface area (Å²) in [7, 11) is 1.48. The lowest BCUT2D eigenvalue weighted by Crippen LogP contribution is -2.22. The largest absolute Gasteiger partial charge is 0.478 e. The summed E-state index contributed by atoms with van der Waals surface area (Å²) in [5, 5.41) is 10.4. The summed E-state index contributed by atoms with van der Waals surface area (Å²) in [6.45, 7) is 1.47. The molecule has 108 valence electrons. The third-order valence-corrected chi connectivity index (χ3v) is 3.06. The molecule has 0 radical (unpaired) electrons. The second-order valence-corrected chi connectivity index (χ2v) is 4.44.